The van der Waals surface area contributed by atoms with Crippen molar-refractivity contribution in [2.45, 2.75) is 24.6 Å². The topological polar surface area (TPSA) is 122 Å². The molecule has 1 aromatic carbocycles. The molecule has 196 valence electrons. The fourth-order valence-corrected chi connectivity index (χ4v) is 4.19. The van der Waals surface area contributed by atoms with E-state index in [0.29, 0.717) is 21.2 Å². The Morgan fingerprint density at radius 2 is 1.84 bits per heavy atom. The van der Waals surface area contributed by atoms with Gasteiger partial charge in [-0.2, -0.15) is 28.1 Å². The number of amides is 2. The van der Waals surface area contributed by atoms with E-state index in [4.69, 9.17) is 11.6 Å². The maximum Gasteiger partial charge on any atom is 0.471 e. The first-order chi connectivity index (χ1) is 17.4. The number of carbonyl (C=O) groups excluding carboxylic acids is 2. The molecule has 2 N–H and O–H groups in total. The number of carbonyl (C=O) groups is 2. The van der Waals surface area contributed by atoms with Crippen molar-refractivity contribution < 1.29 is 27.9 Å². The Hall–Kier alpha value is -3.71. The van der Waals surface area contributed by atoms with Crippen LogP contribution in [-0.4, -0.2) is 72.8 Å². The molecule has 2 aromatic heterocycles. The van der Waals surface area contributed by atoms with Gasteiger partial charge in [0.05, 0.1) is 30.2 Å². The highest BCUT2D eigenvalue weighted by molar-refractivity contribution is 6.30. The van der Waals surface area contributed by atoms with Gasteiger partial charge in [-0.15, -0.1) is 0 Å². The number of likely N-dealkylation sites (tertiary alicyclic amines) is 1. The second-order valence-electron chi connectivity index (χ2n) is 8.72. The van der Waals surface area contributed by atoms with Gasteiger partial charge in [-0.05, 0) is 31.0 Å². The summed E-state index contributed by atoms with van der Waals surface area (Å²) >= 11 is 5.97. The van der Waals surface area contributed by atoms with Gasteiger partial charge < -0.3 is 15.3 Å². The Bertz CT molecular complexity index is 1380. The van der Waals surface area contributed by atoms with Gasteiger partial charge in [-0.3, -0.25) is 19.1 Å². The summed E-state index contributed by atoms with van der Waals surface area (Å²) in [6.45, 7) is -1.25. The van der Waals surface area contributed by atoms with E-state index in [9.17, 15) is 32.7 Å². The number of nitrogens with zero attached hydrogens (tertiary/aromatic N) is 5. The lowest BCUT2D eigenvalue weighted by Crippen LogP contribution is -2.59. The molecule has 1 aliphatic heterocycles. The molecule has 0 saturated carbocycles. The highest BCUT2D eigenvalue weighted by atomic mass is 35.5. The van der Waals surface area contributed by atoms with Gasteiger partial charge in [0.2, 0.25) is 0 Å². The second-order valence-corrected chi connectivity index (χ2v) is 9.16. The zero-order chi connectivity index (χ0) is 27.0. The van der Waals surface area contributed by atoms with Crippen molar-refractivity contribution in [2.24, 2.45) is 7.05 Å². The minimum absolute atomic E-state index is 0.136. The Labute approximate surface area is 213 Å². The van der Waals surface area contributed by atoms with Crippen LogP contribution >= 0.6 is 11.6 Å². The predicted molar refractivity (Wildman–Crippen MR) is 126 cm³/mol. The third kappa shape index (κ3) is 5.52. The molecule has 0 bridgehead atoms. The van der Waals surface area contributed by atoms with Gasteiger partial charge in [-0.1, -0.05) is 23.7 Å². The van der Waals surface area contributed by atoms with Crippen LogP contribution < -0.4 is 10.9 Å². The van der Waals surface area contributed by atoms with Crippen molar-refractivity contribution >= 4 is 23.4 Å². The molecule has 3 aromatic rings. The average molecular weight is 539 g/mol. The SMILES string of the molecule is Cn1cc(-n2nc(-c3ccc(Cl)cc3)cc(C(=O)NC3(CO)CCN(C(=O)C(F)(F)F)CC3)c2=O)cn1. The monoisotopic (exact) mass is 538 g/mol. The summed E-state index contributed by atoms with van der Waals surface area (Å²) in [5, 5.41) is 21.5. The minimum atomic E-state index is -5.02. The molecule has 1 saturated heterocycles. The van der Waals surface area contributed by atoms with Crippen LogP contribution in [0.25, 0.3) is 16.9 Å². The van der Waals surface area contributed by atoms with Gasteiger partial charge in [0, 0.05) is 30.7 Å². The van der Waals surface area contributed by atoms with Gasteiger partial charge in [0.25, 0.3) is 11.5 Å². The zero-order valence-electron chi connectivity index (χ0n) is 19.5. The molecule has 2 amide bonds. The van der Waals surface area contributed by atoms with Gasteiger partial charge in [0.15, 0.2) is 0 Å². The van der Waals surface area contributed by atoms with E-state index in [0.717, 1.165) is 4.68 Å². The quantitative estimate of drug-likeness (QED) is 0.512. The molecule has 0 radical (unpaired) electrons. The lowest BCUT2D eigenvalue weighted by atomic mass is 9.87. The number of hydrogen-bond donors (Lipinski definition) is 2. The van der Waals surface area contributed by atoms with Crippen molar-refractivity contribution in [1.82, 2.24) is 29.8 Å². The Kier molecular flexibility index (Phi) is 7.11. The summed E-state index contributed by atoms with van der Waals surface area (Å²) in [5.74, 6) is -2.82. The lowest BCUT2D eigenvalue weighted by molar-refractivity contribution is -0.187. The molecule has 14 heteroatoms. The zero-order valence-corrected chi connectivity index (χ0v) is 20.3. The van der Waals surface area contributed by atoms with Gasteiger partial charge >= 0.3 is 12.1 Å². The van der Waals surface area contributed by atoms with Crippen LogP contribution in [0.3, 0.4) is 0 Å². The average Bonchev–Trinajstić information content (AvgIpc) is 3.30. The van der Waals surface area contributed by atoms with Crippen LogP contribution in [0, 0.1) is 0 Å². The molecular formula is C23H22ClF3N6O4. The van der Waals surface area contributed by atoms with E-state index in [2.05, 4.69) is 15.5 Å². The highest BCUT2D eigenvalue weighted by Crippen LogP contribution is 2.27. The summed E-state index contributed by atoms with van der Waals surface area (Å²) in [6.07, 6.45) is -2.37. The third-order valence-corrected chi connectivity index (χ3v) is 6.42. The van der Waals surface area contributed by atoms with Crippen molar-refractivity contribution in [3.05, 3.63) is 63.7 Å². The number of aryl methyl sites for hydroxylation is 1. The summed E-state index contributed by atoms with van der Waals surface area (Å²) in [7, 11) is 1.64. The molecule has 1 fully saturated rings. The summed E-state index contributed by atoms with van der Waals surface area (Å²) in [6, 6.07) is 7.85. The molecule has 0 atom stereocenters. The van der Waals surface area contributed by atoms with Crippen LogP contribution in [0.1, 0.15) is 23.2 Å². The molecule has 37 heavy (non-hydrogen) atoms. The number of piperidine rings is 1. The van der Waals surface area contributed by atoms with Crippen LogP contribution in [0.15, 0.2) is 47.5 Å². The number of aliphatic hydroxyl groups excluding tert-OH is 1. The number of rotatable bonds is 5. The fraction of sp³-hybridized carbons (Fsp3) is 0.348. The van der Waals surface area contributed by atoms with Crippen LogP contribution in [0.5, 0.6) is 0 Å². The largest absolute Gasteiger partial charge is 0.471 e. The number of aromatic nitrogens is 4. The third-order valence-electron chi connectivity index (χ3n) is 6.16. The molecule has 3 heterocycles. The molecule has 0 spiro atoms. The molecule has 0 unspecified atom stereocenters. The first kappa shape index (κ1) is 26.4. The van der Waals surface area contributed by atoms with Gasteiger partial charge in [-0.25, -0.2) is 0 Å². The van der Waals surface area contributed by atoms with Crippen molar-refractivity contribution in [1.29, 1.82) is 0 Å². The maximum absolute atomic E-state index is 13.3. The Morgan fingerprint density at radius 3 is 2.38 bits per heavy atom. The first-order valence-electron chi connectivity index (χ1n) is 11.1. The number of nitrogens with one attached hydrogen (secondary N) is 1. The van der Waals surface area contributed by atoms with E-state index in [1.165, 1.54) is 23.1 Å². The predicted octanol–water partition coefficient (Wildman–Crippen LogP) is 1.93. The summed E-state index contributed by atoms with van der Waals surface area (Å²) in [4.78, 5) is 38.8. The van der Waals surface area contributed by atoms with Crippen molar-refractivity contribution in [2.75, 3.05) is 19.7 Å². The Balaban J connectivity index is 1.67. The summed E-state index contributed by atoms with van der Waals surface area (Å²) in [5.41, 5.74) is -1.25. The van der Waals surface area contributed by atoms with E-state index < -0.39 is 35.7 Å². The van der Waals surface area contributed by atoms with Crippen molar-refractivity contribution in [3.63, 3.8) is 0 Å². The van der Waals surface area contributed by atoms with Crippen LogP contribution in [-0.2, 0) is 11.8 Å². The van der Waals surface area contributed by atoms with E-state index in [1.807, 2.05) is 0 Å². The first-order valence-corrected chi connectivity index (χ1v) is 11.5. The van der Waals surface area contributed by atoms with Crippen LogP contribution in [0.2, 0.25) is 5.02 Å². The highest BCUT2D eigenvalue weighted by Gasteiger charge is 2.46. The molecule has 1 aliphatic rings. The number of halogens is 4. The summed E-state index contributed by atoms with van der Waals surface area (Å²) < 4.78 is 40.9. The van der Waals surface area contributed by atoms with E-state index in [-0.39, 0.29) is 37.2 Å². The van der Waals surface area contributed by atoms with Crippen LogP contribution in [0.4, 0.5) is 13.2 Å². The van der Waals surface area contributed by atoms with Gasteiger partial charge in [0.1, 0.15) is 11.3 Å². The maximum atomic E-state index is 13.3. The second kappa shape index (κ2) is 9.98. The molecule has 10 nitrogen and oxygen atoms in total. The van der Waals surface area contributed by atoms with E-state index in [1.54, 1.807) is 31.3 Å². The fourth-order valence-electron chi connectivity index (χ4n) is 4.06. The normalized spacial score (nSPS) is 15.5. The van der Waals surface area contributed by atoms with E-state index >= 15 is 0 Å². The smallest absolute Gasteiger partial charge is 0.394 e. The lowest BCUT2D eigenvalue weighted by Gasteiger charge is -2.41. The minimum Gasteiger partial charge on any atom is -0.394 e. The standard InChI is InChI=1S/C23H22ClF3N6O4/c1-31-12-16(11-28-31)33-20(36)17(10-18(30-33)14-2-4-15(24)5-3-14)19(35)29-22(13-34)6-8-32(9-7-22)21(37)23(25,26)27/h2-5,10-12,34H,6-9,13H2,1H3,(H,29,35). The van der Waals surface area contributed by atoms with Crippen molar-refractivity contribution in [3.8, 4) is 16.9 Å². The number of hydrogen-bond acceptors (Lipinski definition) is 6. The Morgan fingerprint density at radius 1 is 1.19 bits per heavy atom. The number of aliphatic hydroxyl groups is 1. The molecule has 4 rings (SSSR count). The molecule has 0 aliphatic carbocycles. The number of benzene rings is 1. The molecular weight excluding hydrogens is 517 g/mol. The number of alkyl halides is 3.